The minimum atomic E-state index is -3.52. The first-order valence-electron chi connectivity index (χ1n) is 10.9. The smallest absolute Gasteiger partial charge is 0.256 e. The summed E-state index contributed by atoms with van der Waals surface area (Å²) in [6, 6.07) is 17.7. The fraction of sp³-hybridized carbons (Fsp3) is 0.208. The van der Waals surface area contributed by atoms with Gasteiger partial charge in [-0.25, -0.2) is 13.4 Å². The molecular formula is C24H23N5O3S2. The first-order valence-corrected chi connectivity index (χ1v) is 13.2. The maximum atomic E-state index is 12.9. The quantitative estimate of drug-likeness (QED) is 0.431. The molecule has 0 spiro atoms. The van der Waals surface area contributed by atoms with Crippen LogP contribution in [-0.2, 0) is 10.0 Å². The zero-order chi connectivity index (χ0) is 23.7. The predicted molar refractivity (Wildman–Crippen MR) is 132 cm³/mol. The van der Waals surface area contributed by atoms with Crippen molar-refractivity contribution in [2.75, 3.05) is 18.4 Å². The van der Waals surface area contributed by atoms with Gasteiger partial charge < -0.3 is 5.32 Å². The summed E-state index contributed by atoms with van der Waals surface area (Å²) in [6.07, 6.45) is 1.75. The van der Waals surface area contributed by atoms with Crippen molar-refractivity contribution in [3.8, 4) is 16.4 Å². The highest BCUT2D eigenvalue weighted by Crippen LogP contribution is 2.27. The molecule has 0 bridgehead atoms. The molecule has 0 radical (unpaired) electrons. The van der Waals surface area contributed by atoms with E-state index in [0.29, 0.717) is 29.6 Å². The summed E-state index contributed by atoms with van der Waals surface area (Å²) in [6.45, 7) is 2.92. The number of carbonyl (C=O) groups is 1. The van der Waals surface area contributed by atoms with Crippen LogP contribution in [0.15, 0.2) is 70.9 Å². The lowest BCUT2D eigenvalue weighted by molar-refractivity contribution is 0.102. The lowest BCUT2D eigenvalue weighted by atomic mass is 10.2. The number of hydrogen-bond acceptors (Lipinski definition) is 6. The summed E-state index contributed by atoms with van der Waals surface area (Å²) in [5, 5.41) is 9.95. The van der Waals surface area contributed by atoms with Crippen molar-refractivity contribution in [1.82, 2.24) is 19.1 Å². The average Bonchev–Trinajstić information content (AvgIpc) is 3.61. The molecule has 1 N–H and O–H groups in total. The fourth-order valence-electron chi connectivity index (χ4n) is 3.88. The number of amides is 1. The molecule has 2 aromatic heterocycles. The highest BCUT2D eigenvalue weighted by Gasteiger charge is 2.27. The van der Waals surface area contributed by atoms with Crippen molar-refractivity contribution in [2.24, 2.45) is 0 Å². The van der Waals surface area contributed by atoms with Crippen molar-refractivity contribution in [2.45, 2.75) is 24.7 Å². The van der Waals surface area contributed by atoms with Gasteiger partial charge in [-0.3, -0.25) is 4.79 Å². The first kappa shape index (κ1) is 22.5. The standard InChI is InChI=1S/C24H23N5O3S2/c1-17-15-22(29(27-17)24-25-21(16-33-24)18-7-3-2-4-8-18)26-23(30)19-9-11-20(12-10-19)34(31,32)28-13-5-6-14-28/h2-4,7-12,15-16H,5-6,13-14H2,1H3,(H,26,30). The molecule has 8 nitrogen and oxygen atoms in total. The number of anilines is 1. The number of sulfonamides is 1. The Hall–Kier alpha value is -3.34. The van der Waals surface area contributed by atoms with Crippen molar-refractivity contribution < 1.29 is 13.2 Å². The van der Waals surface area contributed by atoms with E-state index in [9.17, 15) is 13.2 Å². The van der Waals surface area contributed by atoms with Gasteiger partial charge in [0.05, 0.1) is 16.3 Å². The third kappa shape index (κ3) is 4.39. The van der Waals surface area contributed by atoms with Crippen LogP contribution < -0.4 is 5.32 Å². The van der Waals surface area contributed by atoms with E-state index >= 15 is 0 Å². The van der Waals surface area contributed by atoms with Crippen LogP contribution in [-0.4, -0.2) is 46.5 Å². The molecule has 10 heteroatoms. The lowest BCUT2D eigenvalue weighted by Crippen LogP contribution is -2.27. The first-order chi connectivity index (χ1) is 16.4. The van der Waals surface area contributed by atoms with Crippen molar-refractivity contribution >= 4 is 33.1 Å². The number of carbonyl (C=O) groups excluding carboxylic acids is 1. The van der Waals surface area contributed by atoms with E-state index in [4.69, 9.17) is 0 Å². The Morgan fingerprint density at radius 1 is 1.03 bits per heavy atom. The van der Waals surface area contributed by atoms with Crippen LogP contribution in [0.1, 0.15) is 28.9 Å². The Morgan fingerprint density at radius 3 is 2.44 bits per heavy atom. The summed E-state index contributed by atoms with van der Waals surface area (Å²) in [7, 11) is -3.52. The summed E-state index contributed by atoms with van der Waals surface area (Å²) in [4.78, 5) is 17.8. The van der Waals surface area contributed by atoms with Crippen molar-refractivity contribution in [3.05, 3.63) is 77.3 Å². The number of rotatable bonds is 6. The van der Waals surface area contributed by atoms with Gasteiger partial charge in [-0.05, 0) is 44.0 Å². The minimum absolute atomic E-state index is 0.197. The second-order valence-corrected chi connectivity index (χ2v) is 10.8. The molecule has 1 saturated heterocycles. The van der Waals surface area contributed by atoms with Gasteiger partial charge in [0.25, 0.3) is 5.91 Å². The van der Waals surface area contributed by atoms with Gasteiger partial charge >= 0.3 is 0 Å². The highest BCUT2D eigenvalue weighted by atomic mass is 32.2. The van der Waals surface area contributed by atoms with Gasteiger partial charge in [0, 0.05) is 35.7 Å². The minimum Gasteiger partial charge on any atom is -0.306 e. The van der Waals surface area contributed by atoms with Crippen molar-refractivity contribution in [3.63, 3.8) is 0 Å². The van der Waals surface area contributed by atoms with E-state index in [-0.39, 0.29) is 10.8 Å². The maximum Gasteiger partial charge on any atom is 0.256 e. The third-order valence-corrected chi connectivity index (χ3v) is 8.36. The average molecular weight is 494 g/mol. The number of hydrogen-bond donors (Lipinski definition) is 1. The summed E-state index contributed by atoms with van der Waals surface area (Å²) < 4.78 is 28.5. The summed E-state index contributed by atoms with van der Waals surface area (Å²) >= 11 is 1.43. The van der Waals surface area contributed by atoms with E-state index in [1.807, 2.05) is 42.6 Å². The van der Waals surface area contributed by atoms with Gasteiger partial charge in [0.15, 0.2) is 0 Å². The number of benzene rings is 2. The van der Waals surface area contributed by atoms with E-state index in [1.54, 1.807) is 10.7 Å². The molecule has 0 aliphatic carbocycles. The third-order valence-electron chi connectivity index (χ3n) is 5.64. The molecule has 34 heavy (non-hydrogen) atoms. The second-order valence-electron chi connectivity index (χ2n) is 8.05. The van der Waals surface area contributed by atoms with E-state index in [2.05, 4.69) is 15.4 Å². The van der Waals surface area contributed by atoms with Gasteiger partial charge in [0.1, 0.15) is 5.82 Å². The molecule has 5 rings (SSSR count). The molecule has 3 heterocycles. The largest absolute Gasteiger partial charge is 0.306 e. The van der Waals surface area contributed by atoms with E-state index in [0.717, 1.165) is 29.8 Å². The van der Waals surface area contributed by atoms with Crippen LogP contribution >= 0.6 is 11.3 Å². The molecule has 1 aliphatic rings. The lowest BCUT2D eigenvalue weighted by Gasteiger charge is -2.15. The van der Waals surface area contributed by atoms with Gasteiger partial charge in [-0.1, -0.05) is 30.3 Å². The molecular weight excluding hydrogens is 470 g/mol. The van der Waals surface area contributed by atoms with Gasteiger partial charge in [-0.15, -0.1) is 11.3 Å². The SMILES string of the molecule is Cc1cc(NC(=O)c2ccc(S(=O)(=O)N3CCCC3)cc2)n(-c2nc(-c3ccccc3)cs2)n1. The molecule has 1 aliphatic heterocycles. The molecule has 0 atom stereocenters. The molecule has 0 unspecified atom stereocenters. The van der Waals surface area contributed by atoms with Crippen LogP contribution in [0.3, 0.4) is 0 Å². The maximum absolute atomic E-state index is 12.9. The van der Waals surface area contributed by atoms with Crippen LogP contribution in [0, 0.1) is 6.92 Å². The topological polar surface area (TPSA) is 97.2 Å². The second kappa shape index (κ2) is 9.13. The summed E-state index contributed by atoms with van der Waals surface area (Å²) in [5.41, 5.74) is 2.93. The highest BCUT2D eigenvalue weighted by molar-refractivity contribution is 7.89. The Kier molecular flexibility index (Phi) is 6.03. The number of aromatic nitrogens is 3. The van der Waals surface area contributed by atoms with Gasteiger partial charge in [-0.2, -0.15) is 14.1 Å². The molecule has 1 fully saturated rings. The fourth-order valence-corrected chi connectivity index (χ4v) is 6.19. The monoisotopic (exact) mass is 493 g/mol. The van der Waals surface area contributed by atoms with Gasteiger partial charge in [0.2, 0.25) is 15.2 Å². The number of aryl methyl sites for hydroxylation is 1. The molecule has 4 aromatic rings. The predicted octanol–water partition coefficient (Wildman–Crippen LogP) is 4.34. The normalized spacial score (nSPS) is 14.4. The zero-order valence-corrected chi connectivity index (χ0v) is 20.1. The Morgan fingerprint density at radius 2 is 1.74 bits per heavy atom. The van der Waals surface area contributed by atoms with Crippen LogP contribution in [0.5, 0.6) is 0 Å². The molecule has 1 amide bonds. The van der Waals surface area contributed by atoms with Crippen molar-refractivity contribution in [1.29, 1.82) is 0 Å². The van der Waals surface area contributed by atoms with Crippen LogP contribution in [0.2, 0.25) is 0 Å². The Bertz CT molecular complexity index is 1420. The molecule has 174 valence electrons. The Labute approximate surface area is 201 Å². The van der Waals surface area contributed by atoms with Crippen LogP contribution in [0.25, 0.3) is 16.4 Å². The molecule has 2 aromatic carbocycles. The number of nitrogens with zero attached hydrogens (tertiary/aromatic N) is 4. The number of nitrogens with one attached hydrogen (secondary N) is 1. The van der Waals surface area contributed by atoms with Crippen LogP contribution in [0.4, 0.5) is 5.82 Å². The van der Waals surface area contributed by atoms with E-state index in [1.165, 1.54) is 39.9 Å². The summed E-state index contributed by atoms with van der Waals surface area (Å²) in [5.74, 6) is 0.135. The zero-order valence-electron chi connectivity index (χ0n) is 18.5. The number of thiazole rings is 1. The van der Waals surface area contributed by atoms with E-state index < -0.39 is 10.0 Å². The Balaban J connectivity index is 1.36. The molecule has 0 saturated carbocycles.